The third kappa shape index (κ3) is 19.5. The van der Waals surface area contributed by atoms with Gasteiger partial charge in [0.1, 0.15) is 11.5 Å². The van der Waals surface area contributed by atoms with Gasteiger partial charge in [0.05, 0.1) is 24.0 Å². The Hall–Kier alpha value is -6.44. The van der Waals surface area contributed by atoms with Crippen molar-refractivity contribution in [3.8, 4) is 11.5 Å². The van der Waals surface area contributed by atoms with Crippen LogP contribution in [0.1, 0.15) is 144 Å². The Morgan fingerprint density at radius 3 is 1.31 bits per heavy atom. The first-order valence-electron chi connectivity index (χ1n) is 27.9. The van der Waals surface area contributed by atoms with Crippen LogP contribution in [0.3, 0.4) is 0 Å². The molecule has 2 aliphatic carbocycles. The molecule has 0 amide bonds. The van der Waals surface area contributed by atoms with Gasteiger partial charge >= 0.3 is 11.9 Å². The zero-order valence-electron chi connectivity index (χ0n) is 45.0. The van der Waals surface area contributed by atoms with Gasteiger partial charge in [-0.2, -0.15) is 0 Å². The van der Waals surface area contributed by atoms with Crippen LogP contribution in [0.4, 0.5) is 11.4 Å². The number of hydrogen-bond acceptors (Lipinski definition) is 12. The Morgan fingerprint density at radius 2 is 0.909 bits per heavy atom. The van der Waals surface area contributed by atoms with Gasteiger partial charge in [0.25, 0.3) is 0 Å². The number of carbonyl (C=O) groups is 4. The van der Waals surface area contributed by atoms with Crippen LogP contribution in [0.2, 0.25) is 0 Å². The quantitative estimate of drug-likeness (QED) is 0.00688. The van der Waals surface area contributed by atoms with E-state index < -0.39 is 29.2 Å². The molecule has 0 aliphatic heterocycles. The average molecular weight is 1050 g/mol. The lowest BCUT2D eigenvalue weighted by Gasteiger charge is -2.42. The van der Waals surface area contributed by atoms with Crippen molar-refractivity contribution in [3.63, 3.8) is 0 Å². The second-order valence-corrected chi connectivity index (χ2v) is 21.1. The van der Waals surface area contributed by atoms with Gasteiger partial charge in [-0.05, 0) is 186 Å². The normalized spacial score (nSPS) is 18.0. The zero-order chi connectivity index (χ0) is 54.9. The Morgan fingerprint density at radius 1 is 0.519 bits per heavy atom. The highest BCUT2D eigenvalue weighted by atomic mass is 16.5. The van der Waals surface area contributed by atoms with E-state index in [2.05, 4.69) is 13.2 Å². The van der Waals surface area contributed by atoms with E-state index in [0.29, 0.717) is 70.8 Å². The van der Waals surface area contributed by atoms with E-state index >= 15 is 0 Å². The predicted molar refractivity (Wildman–Crippen MR) is 306 cm³/mol. The largest absolute Gasteiger partial charge is 0.426 e. The number of nitrogens with two attached hydrogens (primary N) is 2. The monoisotopic (exact) mass is 1050 g/mol. The molecule has 12 nitrogen and oxygen atoms in total. The molecule has 12 heteroatoms. The summed E-state index contributed by atoms with van der Waals surface area (Å²) in [5.74, 6) is -4.82. The van der Waals surface area contributed by atoms with Crippen LogP contribution < -0.4 is 20.9 Å². The molecule has 412 valence electrons. The van der Waals surface area contributed by atoms with Gasteiger partial charge < -0.3 is 40.6 Å². The van der Waals surface area contributed by atoms with E-state index in [1.165, 1.54) is 25.0 Å². The predicted octanol–water partition coefficient (Wildman–Crippen LogP) is 12.5. The molecular weight excluding hydrogens is 969 g/mol. The van der Waals surface area contributed by atoms with Gasteiger partial charge in [-0.15, -0.1) is 13.2 Å². The minimum atomic E-state index is -3.08. The van der Waals surface area contributed by atoms with Crippen LogP contribution in [0.15, 0.2) is 135 Å². The standard InChI is InChI=1S/C65H82N2O10/c1-3-5-7-9-11-13-43-74-57-38-25-52(26-39-57)62(70)76-59-34-20-48(21-35-59)19-33-56(68)47-64(45-50-15-29-54(66)30-16-50,46-51-17-31-55(67)32-18-51)65(72,73)61(69)42-24-49-22-36-60(37-23-49)77-63(71)53-27-40-58(41-28-53)75-44-14-12-10-8-6-4-2/h3-4,15-24,29-37,42,52-53,57-58,72-73H,1-2,5-14,25-28,38-41,43-47,66-67H2/b33-19+,42-24+. The molecule has 0 saturated heterocycles. The Bertz CT molecular complexity index is 2490. The fraction of sp³-hybridized carbons (Fsp3) is 0.446. The van der Waals surface area contributed by atoms with E-state index in [1.807, 2.05) is 12.2 Å². The molecule has 2 aliphatic rings. The number of benzene rings is 4. The molecule has 0 radical (unpaired) electrons. The number of aliphatic hydroxyl groups is 2. The first-order valence-corrected chi connectivity index (χ1v) is 27.9. The maximum atomic E-state index is 14.3. The molecule has 2 fully saturated rings. The molecule has 0 atom stereocenters. The highest BCUT2D eigenvalue weighted by Gasteiger charge is 2.54. The van der Waals surface area contributed by atoms with Crippen LogP contribution in [0.25, 0.3) is 12.2 Å². The molecular formula is C65H82N2O10. The second kappa shape index (κ2) is 31.1. The van der Waals surface area contributed by atoms with Crippen molar-refractivity contribution < 1.29 is 48.3 Å². The molecule has 6 rings (SSSR count). The Balaban J connectivity index is 1.08. The zero-order valence-corrected chi connectivity index (χ0v) is 45.0. The topological polar surface area (TPSA) is 198 Å². The molecule has 0 unspecified atom stereocenters. The maximum Gasteiger partial charge on any atom is 0.314 e. The third-order valence-corrected chi connectivity index (χ3v) is 15.1. The number of ether oxygens (including phenoxy) is 4. The summed E-state index contributed by atoms with van der Waals surface area (Å²) in [6.07, 6.45) is 26.3. The maximum absolute atomic E-state index is 14.3. The molecule has 0 spiro atoms. The minimum absolute atomic E-state index is 0.0965. The fourth-order valence-electron chi connectivity index (χ4n) is 10.4. The third-order valence-electron chi connectivity index (χ3n) is 15.1. The molecule has 0 bridgehead atoms. The smallest absolute Gasteiger partial charge is 0.314 e. The van der Waals surface area contributed by atoms with Gasteiger partial charge in [-0.3, -0.25) is 19.2 Å². The molecule has 0 heterocycles. The van der Waals surface area contributed by atoms with Crippen molar-refractivity contribution in [1.82, 2.24) is 0 Å². The highest BCUT2D eigenvalue weighted by molar-refractivity contribution is 6.01. The number of hydrogen-bond donors (Lipinski definition) is 4. The van der Waals surface area contributed by atoms with Crippen LogP contribution in [-0.4, -0.2) is 64.9 Å². The summed E-state index contributed by atoms with van der Waals surface area (Å²) < 4.78 is 23.7. The minimum Gasteiger partial charge on any atom is -0.426 e. The summed E-state index contributed by atoms with van der Waals surface area (Å²) in [5.41, 5.74) is 13.7. The summed E-state index contributed by atoms with van der Waals surface area (Å²) in [5, 5.41) is 24.6. The van der Waals surface area contributed by atoms with Crippen molar-refractivity contribution in [2.45, 2.75) is 153 Å². The van der Waals surface area contributed by atoms with Crippen LogP contribution >= 0.6 is 0 Å². The Labute approximate surface area is 456 Å². The van der Waals surface area contributed by atoms with Crippen molar-refractivity contribution in [1.29, 1.82) is 0 Å². The van der Waals surface area contributed by atoms with Crippen molar-refractivity contribution in [3.05, 3.63) is 157 Å². The molecule has 6 N–H and O–H groups in total. The number of ketones is 2. The lowest BCUT2D eigenvalue weighted by molar-refractivity contribution is -0.230. The highest BCUT2D eigenvalue weighted by Crippen LogP contribution is 2.43. The number of esters is 2. The van der Waals surface area contributed by atoms with Crippen LogP contribution in [-0.2, 0) is 41.5 Å². The van der Waals surface area contributed by atoms with Crippen molar-refractivity contribution >= 4 is 47.0 Å². The molecule has 4 aromatic carbocycles. The lowest BCUT2D eigenvalue weighted by atomic mass is 9.65. The molecule has 0 aromatic heterocycles. The van der Waals surface area contributed by atoms with Crippen molar-refractivity contribution in [2.75, 3.05) is 24.7 Å². The SMILES string of the molecule is C=CCCCCCCOC1CCC(C(=O)Oc2ccc(/C=C/C(=O)CC(Cc3ccc(N)cc3)(Cc3ccc(N)cc3)C(O)(O)C(=O)/C=C/c3ccc(OC(=O)C4CCC(OCCCCCCC=C)CC4)cc3)cc2)CC1. The van der Waals surface area contributed by atoms with Crippen molar-refractivity contribution in [2.24, 2.45) is 17.3 Å². The summed E-state index contributed by atoms with van der Waals surface area (Å²) in [6.45, 7) is 9.03. The summed E-state index contributed by atoms with van der Waals surface area (Å²) >= 11 is 0. The van der Waals surface area contributed by atoms with E-state index in [1.54, 1.807) is 103 Å². The first-order chi connectivity index (χ1) is 37.2. The van der Waals surface area contributed by atoms with Gasteiger partial charge in [-0.1, -0.05) is 98.5 Å². The summed E-state index contributed by atoms with van der Waals surface area (Å²) in [7, 11) is 0. The van der Waals surface area contributed by atoms with Gasteiger partial charge in [0.15, 0.2) is 5.78 Å². The average Bonchev–Trinajstić information content (AvgIpc) is 3.46. The molecule has 77 heavy (non-hydrogen) atoms. The lowest BCUT2D eigenvalue weighted by Crippen LogP contribution is -2.57. The summed E-state index contributed by atoms with van der Waals surface area (Å²) in [4.78, 5) is 54.8. The van der Waals surface area contributed by atoms with E-state index in [-0.39, 0.29) is 48.8 Å². The Kier molecular flexibility index (Phi) is 24.1. The fourth-order valence-corrected chi connectivity index (χ4v) is 10.4. The molecule has 2 saturated carbocycles. The first kappa shape index (κ1) is 59.8. The number of carbonyl (C=O) groups excluding carboxylic acids is 4. The van der Waals surface area contributed by atoms with E-state index in [9.17, 15) is 29.4 Å². The number of allylic oxidation sites excluding steroid dienone is 3. The van der Waals surface area contributed by atoms with E-state index in [4.69, 9.17) is 30.4 Å². The molecule has 4 aromatic rings. The number of nitrogen functional groups attached to an aromatic ring is 2. The number of rotatable bonds is 32. The second-order valence-electron chi connectivity index (χ2n) is 21.1. The number of unbranched alkanes of at least 4 members (excludes halogenated alkanes) is 8. The van der Waals surface area contributed by atoms with Gasteiger partial charge in [0.2, 0.25) is 11.6 Å². The van der Waals surface area contributed by atoms with Gasteiger partial charge in [-0.25, -0.2) is 0 Å². The number of anilines is 2. The van der Waals surface area contributed by atoms with Crippen LogP contribution in [0, 0.1) is 17.3 Å². The van der Waals surface area contributed by atoms with Gasteiger partial charge in [0, 0.05) is 36.4 Å². The van der Waals surface area contributed by atoms with E-state index in [0.717, 1.165) is 96.3 Å². The van der Waals surface area contributed by atoms with Crippen LogP contribution in [0.5, 0.6) is 11.5 Å². The summed E-state index contributed by atoms with van der Waals surface area (Å²) in [6, 6.07) is 27.1.